The summed E-state index contributed by atoms with van der Waals surface area (Å²) < 4.78 is 43.3. The van der Waals surface area contributed by atoms with Gasteiger partial charge in [-0.2, -0.15) is 0 Å². The molecule has 2 N–H and O–H groups in total. The Morgan fingerprint density at radius 3 is 2.48 bits per heavy atom. The lowest BCUT2D eigenvalue weighted by Crippen LogP contribution is -2.19. The third-order valence-corrected chi connectivity index (χ3v) is 5.46. The first kappa shape index (κ1) is 19.2. The van der Waals surface area contributed by atoms with Gasteiger partial charge in [-0.3, -0.25) is 4.72 Å². The van der Waals surface area contributed by atoms with Crippen LogP contribution in [-0.2, 0) is 14.8 Å². The molecule has 0 radical (unpaired) electrons. The van der Waals surface area contributed by atoms with Crippen molar-refractivity contribution in [2.45, 2.75) is 23.8 Å². The highest BCUT2D eigenvalue weighted by atomic mass is 32.2. The van der Waals surface area contributed by atoms with Gasteiger partial charge in [0.1, 0.15) is 5.82 Å². The third-order valence-electron chi connectivity index (χ3n) is 4.10. The number of rotatable bonds is 8. The molecule has 3 rings (SSSR count). The smallest absolute Gasteiger partial charge is 0.263 e. The molecule has 27 heavy (non-hydrogen) atoms. The average Bonchev–Trinajstić information content (AvgIpc) is 3.20. The highest BCUT2D eigenvalue weighted by Crippen LogP contribution is 2.30. The first-order chi connectivity index (χ1) is 13.0. The summed E-state index contributed by atoms with van der Waals surface area (Å²) in [6.07, 6.45) is 2.26. The van der Waals surface area contributed by atoms with Crippen LogP contribution in [0.5, 0.6) is 11.5 Å². The van der Waals surface area contributed by atoms with Crippen molar-refractivity contribution in [1.29, 1.82) is 0 Å². The van der Waals surface area contributed by atoms with Crippen LogP contribution in [0.25, 0.3) is 0 Å². The molecule has 1 unspecified atom stereocenters. The van der Waals surface area contributed by atoms with Gasteiger partial charge in [0.2, 0.25) is 0 Å². The van der Waals surface area contributed by atoms with Gasteiger partial charge in [0.15, 0.2) is 17.3 Å². The van der Waals surface area contributed by atoms with Gasteiger partial charge < -0.3 is 19.5 Å². The molecule has 0 bridgehead atoms. The molecular formula is C17H22N4O5S. The molecule has 146 valence electrons. The summed E-state index contributed by atoms with van der Waals surface area (Å²) in [7, 11) is -0.917. The highest BCUT2D eigenvalue weighted by Gasteiger charge is 2.18. The standard InChI is InChI=1S/C17H22N4O5S/c1-24-14-6-5-13(10-15(14)25-2)27(22,23)21-17-8-7-16(19-20-17)18-11-12-4-3-9-26-12/h5-8,10,12H,3-4,9,11H2,1-2H3,(H,18,19)(H,20,21). The molecule has 1 aliphatic heterocycles. The van der Waals surface area contributed by atoms with Gasteiger partial charge in [-0.1, -0.05) is 0 Å². The summed E-state index contributed by atoms with van der Waals surface area (Å²) in [5.41, 5.74) is 0. The summed E-state index contributed by atoms with van der Waals surface area (Å²) in [5, 5.41) is 11.0. The van der Waals surface area contributed by atoms with E-state index in [0.29, 0.717) is 23.9 Å². The number of hydrogen-bond acceptors (Lipinski definition) is 8. The monoisotopic (exact) mass is 394 g/mol. The highest BCUT2D eigenvalue weighted by molar-refractivity contribution is 7.92. The van der Waals surface area contributed by atoms with Crippen molar-refractivity contribution in [3.05, 3.63) is 30.3 Å². The number of aromatic nitrogens is 2. The third kappa shape index (κ3) is 4.77. The number of sulfonamides is 1. The predicted octanol–water partition coefficient (Wildman–Crippen LogP) is 1.89. The van der Waals surface area contributed by atoms with Crippen molar-refractivity contribution >= 4 is 21.7 Å². The van der Waals surface area contributed by atoms with E-state index in [2.05, 4.69) is 20.2 Å². The molecule has 2 heterocycles. The lowest BCUT2D eigenvalue weighted by Gasteiger charge is -2.12. The second-order valence-electron chi connectivity index (χ2n) is 5.94. The van der Waals surface area contributed by atoms with Crippen LogP contribution in [0.4, 0.5) is 11.6 Å². The Labute approximate surface area is 158 Å². The zero-order valence-electron chi connectivity index (χ0n) is 15.1. The minimum atomic E-state index is -3.84. The maximum atomic E-state index is 12.5. The first-order valence-electron chi connectivity index (χ1n) is 8.46. The molecule has 1 aromatic heterocycles. The number of hydrogen-bond donors (Lipinski definition) is 2. The number of ether oxygens (including phenoxy) is 3. The van der Waals surface area contributed by atoms with E-state index >= 15 is 0 Å². The van der Waals surface area contributed by atoms with Crippen molar-refractivity contribution in [1.82, 2.24) is 10.2 Å². The molecular weight excluding hydrogens is 372 g/mol. The van der Waals surface area contributed by atoms with Crippen LogP contribution >= 0.6 is 0 Å². The Kier molecular flexibility index (Phi) is 5.97. The molecule has 0 amide bonds. The molecule has 1 atom stereocenters. The van der Waals surface area contributed by atoms with Crippen molar-refractivity contribution in [3.63, 3.8) is 0 Å². The van der Waals surface area contributed by atoms with Gasteiger partial charge in [0, 0.05) is 19.2 Å². The maximum Gasteiger partial charge on any atom is 0.263 e. The van der Waals surface area contributed by atoms with Gasteiger partial charge in [0.25, 0.3) is 10.0 Å². The van der Waals surface area contributed by atoms with Crippen LogP contribution in [-0.4, -0.2) is 52.1 Å². The van der Waals surface area contributed by atoms with Crippen LogP contribution in [0.1, 0.15) is 12.8 Å². The molecule has 0 aliphatic carbocycles. The lowest BCUT2D eigenvalue weighted by atomic mass is 10.2. The molecule has 1 aliphatic rings. The fourth-order valence-corrected chi connectivity index (χ4v) is 3.70. The largest absolute Gasteiger partial charge is 0.493 e. The van der Waals surface area contributed by atoms with Crippen LogP contribution < -0.4 is 19.5 Å². The van der Waals surface area contributed by atoms with Crippen molar-refractivity contribution in [3.8, 4) is 11.5 Å². The van der Waals surface area contributed by atoms with E-state index in [-0.39, 0.29) is 16.8 Å². The maximum absolute atomic E-state index is 12.5. The van der Waals surface area contributed by atoms with Gasteiger partial charge in [0.05, 0.1) is 25.2 Å². The Morgan fingerprint density at radius 1 is 1.11 bits per heavy atom. The van der Waals surface area contributed by atoms with E-state index in [9.17, 15) is 8.42 Å². The van der Waals surface area contributed by atoms with Crippen molar-refractivity contribution in [2.24, 2.45) is 0 Å². The van der Waals surface area contributed by atoms with Crippen LogP contribution in [0, 0.1) is 0 Å². The second kappa shape index (κ2) is 8.40. The van der Waals surface area contributed by atoms with Crippen LogP contribution in [0.3, 0.4) is 0 Å². The van der Waals surface area contributed by atoms with Gasteiger partial charge >= 0.3 is 0 Å². The van der Waals surface area contributed by atoms with E-state index in [4.69, 9.17) is 14.2 Å². The van der Waals surface area contributed by atoms with Gasteiger partial charge in [-0.25, -0.2) is 8.42 Å². The summed E-state index contributed by atoms with van der Waals surface area (Å²) in [5.74, 6) is 1.44. The van der Waals surface area contributed by atoms with Gasteiger partial charge in [-0.15, -0.1) is 10.2 Å². The summed E-state index contributed by atoms with van der Waals surface area (Å²) in [4.78, 5) is 0.0301. The minimum absolute atomic E-state index is 0.0301. The zero-order chi connectivity index (χ0) is 19.3. The Hall–Kier alpha value is -2.59. The number of benzene rings is 1. The quantitative estimate of drug-likeness (QED) is 0.698. The topological polar surface area (TPSA) is 112 Å². The molecule has 0 spiro atoms. The molecule has 9 nitrogen and oxygen atoms in total. The lowest BCUT2D eigenvalue weighted by molar-refractivity contribution is 0.120. The molecule has 0 saturated carbocycles. The Balaban J connectivity index is 1.66. The molecule has 2 aromatic rings. The van der Waals surface area contributed by atoms with Gasteiger partial charge in [-0.05, 0) is 37.1 Å². The summed E-state index contributed by atoms with van der Waals surface area (Å²) >= 11 is 0. The SMILES string of the molecule is COc1ccc(S(=O)(=O)Nc2ccc(NCC3CCCO3)nn2)cc1OC. The first-order valence-corrected chi connectivity index (χ1v) is 9.94. The van der Waals surface area contributed by atoms with Crippen molar-refractivity contribution in [2.75, 3.05) is 37.4 Å². The molecule has 1 aromatic carbocycles. The van der Waals surface area contributed by atoms with Crippen LogP contribution in [0.2, 0.25) is 0 Å². The zero-order valence-corrected chi connectivity index (χ0v) is 16.0. The Morgan fingerprint density at radius 2 is 1.85 bits per heavy atom. The fourth-order valence-electron chi connectivity index (χ4n) is 2.69. The molecule has 1 saturated heterocycles. The number of nitrogens with zero attached hydrogens (tertiary/aromatic N) is 2. The second-order valence-corrected chi connectivity index (χ2v) is 7.62. The fraction of sp³-hybridized carbons (Fsp3) is 0.412. The van der Waals surface area contributed by atoms with E-state index in [0.717, 1.165) is 19.4 Å². The van der Waals surface area contributed by atoms with Crippen LogP contribution in [0.15, 0.2) is 35.2 Å². The van der Waals surface area contributed by atoms with E-state index in [1.165, 1.54) is 32.4 Å². The normalized spacial score (nSPS) is 16.7. The number of nitrogens with one attached hydrogen (secondary N) is 2. The predicted molar refractivity (Wildman–Crippen MR) is 99.9 cm³/mol. The van der Waals surface area contributed by atoms with E-state index < -0.39 is 10.0 Å². The average molecular weight is 394 g/mol. The van der Waals surface area contributed by atoms with E-state index in [1.54, 1.807) is 12.1 Å². The summed E-state index contributed by atoms with van der Waals surface area (Å²) in [6.45, 7) is 1.43. The Bertz CT molecular complexity index is 867. The molecule has 1 fully saturated rings. The van der Waals surface area contributed by atoms with Crippen molar-refractivity contribution < 1.29 is 22.6 Å². The molecule has 10 heteroatoms. The number of anilines is 2. The number of methoxy groups -OCH3 is 2. The summed E-state index contributed by atoms with van der Waals surface area (Å²) in [6, 6.07) is 7.54. The van der Waals surface area contributed by atoms with E-state index in [1.807, 2.05) is 0 Å². The minimum Gasteiger partial charge on any atom is -0.493 e.